The Morgan fingerprint density at radius 3 is 2.06 bits per heavy atom. The first-order valence-electron chi connectivity index (χ1n) is 6.60. The van der Waals surface area contributed by atoms with Crippen LogP contribution in [0.1, 0.15) is 39.7 Å². The second-order valence-electron chi connectivity index (χ2n) is 5.43. The molecule has 90 valence electrons. The van der Waals surface area contributed by atoms with Crippen LogP contribution < -0.4 is 0 Å². The van der Waals surface area contributed by atoms with Crippen LogP contribution >= 0.6 is 0 Å². The smallest absolute Gasteiger partial charge is 0.00825 e. The van der Waals surface area contributed by atoms with E-state index in [2.05, 4.69) is 64.1 Å². The molecule has 0 N–H and O–H groups in total. The second-order valence-corrected chi connectivity index (χ2v) is 5.43. The molecule has 0 aliphatic heterocycles. The molecular formula is C17H22. The van der Waals surface area contributed by atoms with Crippen LogP contribution in [0.3, 0.4) is 0 Å². The van der Waals surface area contributed by atoms with E-state index >= 15 is 0 Å². The van der Waals surface area contributed by atoms with Crippen molar-refractivity contribution in [3.8, 4) is 0 Å². The van der Waals surface area contributed by atoms with E-state index in [0.29, 0.717) is 11.8 Å². The van der Waals surface area contributed by atoms with Gasteiger partial charge in [0.15, 0.2) is 0 Å². The number of hydrogen-bond acceptors (Lipinski definition) is 0. The summed E-state index contributed by atoms with van der Waals surface area (Å²) in [6, 6.07) is 10.8. The van der Waals surface area contributed by atoms with Crippen molar-refractivity contribution in [3.05, 3.63) is 53.1 Å². The summed E-state index contributed by atoms with van der Waals surface area (Å²) in [6.45, 7) is 9.20. The molecule has 1 aromatic carbocycles. The average molecular weight is 226 g/mol. The van der Waals surface area contributed by atoms with Crippen molar-refractivity contribution < 1.29 is 0 Å². The maximum absolute atomic E-state index is 2.42. The molecule has 1 aliphatic carbocycles. The zero-order valence-electron chi connectivity index (χ0n) is 11.3. The number of rotatable bonds is 3. The minimum absolute atomic E-state index is 0.612. The Morgan fingerprint density at radius 2 is 1.53 bits per heavy atom. The first-order chi connectivity index (χ1) is 8.11. The molecular weight excluding hydrogens is 204 g/mol. The normalized spacial score (nSPS) is 16.0. The number of allylic oxidation sites excluding steroid dienone is 4. The molecule has 0 radical (unpaired) electrons. The average Bonchev–Trinajstić information content (AvgIpc) is 2.74. The van der Waals surface area contributed by atoms with E-state index in [1.807, 2.05) is 0 Å². The van der Waals surface area contributed by atoms with Crippen LogP contribution in [0.15, 0.2) is 47.6 Å². The van der Waals surface area contributed by atoms with Crippen LogP contribution in [0, 0.1) is 11.8 Å². The van der Waals surface area contributed by atoms with Gasteiger partial charge >= 0.3 is 0 Å². The molecule has 0 amide bonds. The fraction of sp³-hybridized carbons (Fsp3) is 0.412. The monoisotopic (exact) mass is 226 g/mol. The first kappa shape index (κ1) is 12.2. The summed E-state index contributed by atoms with van der Waals surface area (Å²) >= 11 is 0. The van der Waals surface area contributed by atoms with Crippen molar-refractivity contribution in [2.75, 3.05) is 0 Å². The van der Waals surface area contributed by atoms with Crippen molar-refractivity contribution in [2.45, 2.75) is 34.1 Å². The Balaban J connectivity index is 2.46. The van der Waals surface area contributed by atoms with E-state index in [0.717, 1.165) is 6.42 Å². The van der Waals surface area contributed by atoms with Gasteiger partial charge in [-0.05, 0) is 40.5 Å². The molecule has 0 bridgehead atoms. The molecule has 1 aromatic rings. The van der Waals surface area contributed by atoms with Gasteiger partial charge in [0.05, 0.1) is 0 Å². The fourth-order valence-corrected chi connectivity index (χ4v) is 2.75. The molecule has 2 rings (SSSR count). The van der Waals surface area contributed by atoms with Gasteiger partial charge in [0, 0.05) is 0 Å². The van der Waals surface area contributed by atoms with Crippen LogP contribution in [0.5, 0.6) is 0 Å². The van der Waals surface area contributed by atoms with Gasteiger partial charge in [0.2, 0.25) is 0 Å². The van der Waals surface area contributed by atoms with Crippen molar-refractivity contribution in [3.63, 3.8) is 0 Å². The lowest BCUT2D eigenvalue weighted by Crippen LogP contribution is -2.03. The van der Waals surface area contributed by atoms with E-state index < -0.39 is 0 Å². The van der Waals surface area contributed by atoms with Gasteiger partial charge < -0.3 is 0 Å². The van der Waals surface area contributed by atoms with E-state index in [1.54, 1.807) is 11.1 Å². The van der Waals surface area contributed by atoms with E-state index in [-0.39, 0.29) is 0 Å². The summed E-state index contributed by atoms with van der Waals surface area (Å²) in [5.41, 5.74) is 6.05. The molecule has 0 heterocycles. The highest BCUT2D eigenvalue weighted by Crippen LogP contribution is 2.40. The van der Waals surface area contributed by atoms with Gasteiger partial charge in [-0.3, -0.25) is 0 Å². The quantitative estimate of drug-likeness (QED) is 0.674. The highest BCUT2D eigenvalue weighted by Gasteiger charge is 2.22. The molecule has 17 heavy (non-hydrogen) atoms. The van der Waals surface area contributed by atoms with Crippen LogP contribution in [0.2, 0.25) is 0 Å². The molecule has 0 heteroatoms. The van der Waals surface area contributed by atoms with Crippen LogP contribution in [0.25, 0.3) is 5.57 Å². The topological polar surface area (TPSA) is 0 Å². The predicted molar refractivity (Wildman–Crippen MR) is 75.7 cm³/mol. The third-order valence-corrected chi connectivity index (χ3v) is 3.48. The van der Waals surface area contributed by atoms with E-state index in [1.165, 1.54) is 11.1 Å². The summed E-state index contributed by atoms with van der Waals surface area (Å²) in [4.78, 5) is 0. The predicted octanol–water partition coefficient (Wildman–Crippen LogP) is 5.08. The molecule has 0 fully saturated rings. The van der Waals surface area contributed by atoms with Crippen molar-refractivity contribution in [1.82, 2.24) is 0 Å². The third-order valence-electron chi connectivity index (χ3n) is 3.48. The lowest BCUT2D eigenvalue weighted by Gasteiger charge is -2.18. The van der Waals surface area contributed by atoms with Crippen LogP contribution in [-0.2, 0) is 0 Å². The summed E-state index contributed by atoms with van der Waals surface area (Å²) in [5, 5.41) is 0. The Morgan fingerprint density at radius 1 is 0.882 bits per heavy atom. The number of hydrogen-bond donors (Lipinski definition) is 0. The van der Waals surface area contributed by atoms with Gasteiger partial charge in [0.1, 0.15) is 0 Å². The molecule has 0 saturated carbocycles. The largest absolute Gasteiger partial charge is 0.0763 e. The summed E-state index contributed by atoms with van der Waals surface area (Å²) in [6.07, 6.45) is 3.52. The molecule has 0 nitrogen and oxygen atoms in total. The summed E-state index contributed by atoms with van der Waals surface area (Å²) < 4.78 is 0. The zero-order chi connectivity index (χ0) is 12.4. The van der Waals surface area contributed by atoms with Crippen LogP contribution in [0.4, 0.5) is 0 Å². The molecule has 0 unspecified atom stereocenters. The molecule has 1 aliphatic rings. The van der Waals surface area contributed by atoms with Gasteiger partial charge in [-0.1, -0.05) is 64.1 Å². The Kier molecular flexibility index (Phi) is 3.51. The van der Waals surface area contributed by atoms with Crippen LogP contribution in [-0.4, -0.2) is 0 Å². The highest BCUT2D eigenvalue weighted by molar-refractivity contribution is 5.77. The minimum Gasteiger partial charge on any atom is -0.0763 e. The molecule has 0 saturated heterocycles. The van der Waals surface area contributed by atoms with Crippen molar-refractivity contribution in [2.24, 2.45) is 11.8 Å². The van der Waals surface area contributed by atoms with Gasteiger partial charge in [-0.15, -0.1) is 0 Å². The van der Waals surface area contributed by atoms with Crippen molar-refractivity contribution >= 4 is 5.57 Å². The third kappa shape index (κ3) is 2.36. The van der Waals surface area contributed by atoms with Gasteiger partial charge in [-0.2, -0.15) is 0 Å². The Bertz CT molecular complexity index is 444. The minimum atomic E-state index is 0.612. The molecule has 0 atom stereocenters. The summed E-state index contributed by atoms with van der Waals surface area (Å²) in [5.74, 6) is 1.25. The zero-order valence-corrected chi connectivity index (χ0v) is 11.3. The second kappa shape index (κ2) is 4.91. The van der Waals surface area contributed by atoms with E-state index in [4.69, 9.17) is 0 Å². The standard InChI is InChI=1S/C17H22/c1-12(2)15-10-11-16(17(15)13(3)4)14-8-6-5-7-9-14/h5-10,12-13H,11H2,1-4H3. The fourth-order valence-electron chi connectivity index (χ4n) is 2.75. The first-order valence-corrected chi connectivity index (χ1v) is 6.60. The van der Waals surface area contributed by atoms with E-state index in [9.17, 15) is 0 Å². The highest BCUT2D eigenvalue weighted by atomic mass is 14.3. The van der Waals surface area contributed by atoms with Crippen molar-refractivity contribution in [1.29, 1.82) is 0 Å². The van der Waals surface area contributed by atoms with Gasteiger partial charge in [-0.25, -0.2) is 0 Å². The lowest BCUT2D eigenvalue weighted by molar-refractivity contribution is 0.709. The Labute approximate surface area is 105 Å². The SMILES string of the molecule is CC(C)C1=CCC(c2ccccc2)=C1C(C)C. The molecule has 0 spiro atoms. The van der Waals surface area contributed by atoms with Gasteiger partial charge in [0.25, 0.3) is 0 Å². The Hall–Kier alpha value is -1.30. The summed E-state index contributed by atoms with van der Waals surface area (Å²) in [7, 11) is 0. The molecule has 0 aromatic heterocycles. The number of benzene rings is 1. The maximum Gasteiger partial charge on any atom is -0.00825 e. The maximum atomic E-state index is 2.42. The lowest BCUT2D eigenvalue weighted by atomic mass is 9.87.